The Morgan fingerprint density at radius 1 is 1.35 bits per heavy atom. The Morgan fingerprint density at radius 2 is 2.10 bits per heavy atom. The Bertz CT molecular complexity index is 682. The van der Waals surface area contributed by atoms with E-state index in [0.717, 1.165) is 11.3 Å². The van der Waals surface area contributed by atoms with Gasteiger partial charge in [-0.2, -0.15) is 0 Å². The Hall–Kier alpha value is -2.54. The molecule has 102 valence electrons. The van der Waals surface area contributed by atoms with Gasteiger partial charge in [-0.25, -0.2) is 9.37 Å². The number of anilines is 1. The summed E-state index contributed by atoms with van der Waals surface area (Å²) < 4.78 is 13.3. The van der Waals surface area contributed by atoms with Crippen LogP contribution in [0.2, 0.25) is 0 Å². The number of aromatic nitrogens is 1. The molecule has 2 amide bonds. The van der Waals surface area contributed by atoms with Crippen molar-refractivity contribution in [3.8, 4) is 0 Å². The first kappa shape index (κ1) is 13.9. The molecular formula is C13H10FN3O2S. The summed E-state index contributed by atoms with van der Waals surface area (Å²) in [5, 5.41) is 2.71. The molecule has 0 atom stereocenters. The number of nitrogens with zero attached hydrogens (tertiary/aromatic N) is 1. The zero-order chi connectivity index (χ0) is 14.5. The fraction of sp³-hybridized carbons (Fsp3) is 0. The number of nitrogens with one attached hydrogen (secondary N) is 1. The summed E-state index contributed by atoms with van der Waals surface area (Å²) in [5.74, 6) is -1.50. The highest BCUT2D eigenvalue weighted by Gasteiger charge is 2.08. The van der Waals surface area contributed by atoms with Crippen LogP contribution in [0.5, 0.6) is 0 Å². The molecule has 0 saturated heterocycles. The highest BCUT2D eigenvalue weighted by atomic mass is 32.1. The van der Waals surface area contributed by atoms with Crippen molar-refractivity contribution < 1.29 is 14.0 Å². The van der Waals surface area contributed by atoms with Crippen LogP contribution in [0.25, 0.3) is 6.08 Å². The second kappa shape index (κ2) is 6.07. The van der Waals surface area contributed by atoms with Crippen molar-refractivity contribution in [3.05, 3.63) is 52.8 Å². The van der Waals surface area contributed by atoms with Gasteiger partial charge in [0.1, 0.15) is 10.7 Å². The van der Waals surface area contributed by atoms with Crippen LogP contribution in [0.4, 0.5) is 9.52 Å². The Kier molecular flexibility index (Phi) is 4.21. The number of benzene rings is 1. The Labute approximate surface area is 117 Å². The molecule has 0 fully saturated rings. The normalized spacial score (nSPS) is 10.7. The summed E-state index contributed by atoms with van der Waals surface area (Å²) in [6.45, 7) is 0. The molecule has 0 aliphatic heterocycles. The SMILES string of the molecule is NC(=O)c1cnc(NC(=O)/C=C/c2ccccc2F)s1. The van der Waals surface area contributed by atoms with Gasteiger partial charge in [0.2, 0.25) is 5.91 Å². The molecule has 0 aliphatic rings. The lowest BCUT2D eigenvalue weighted by atomic mass is 10.2. The number of amides is 2. The van der Waals surface area contributed by atoms with Crippen molar-refractivity contribution in [1.29, 1.82) is 0 Å². The fourth-order valence-corrected chi connectivity index (χ4v) is 2.04. The van der Waals surface area contributed by atoms with Crippen molar-refractivity contribution in [2.75, 3.05) is 5.32 Å². The summed E-state index contributed by atoms with van der Waals surface area (Å²) in [6.07, 6.45) is 3.82. The number of nitrogens with two attached hydrogens (primary N) is 1. The number of primary amides is 1. The van der Waals surface area contributed by atoms with Crippen molar-refractivity contribution in [3.63, 3.8) is 0 Å². The van der Waals surface area contributed by atoms with Gasteiger partial charge in [-0.3, -0.25) is 14.9 Å². The van der Waals surface area contributed by atoms with Crippen LogP contribution in [0, 0.1) is 5.82 Å². The number of rotatable bonds is 4. The first-order valence-electron chi connectivity index (χ1n) is 5.55. The predicted molar refractivity (Wildman–Crippen MR) is 74.7 cm³/mol. The smallest absolute Gasteiger partial charge is 0.260 e. The van der Waals surface area contributed by atoms with E-state index in [-0.39, 0.29) is 10.0 Å². The van der Waals surface area contributed by atoms with E-state index in [4.69, 9.17) is 5.73 Å². The van der Waals surface area contributed by atoms with E-state index in [1.807, 2.05) is 0 Å². The Balaban J connectivity index is 2.02. The summed E-state index contributed by atoms with van der Waals surface area (Å²) in [4.78, 5) is 26.6. The molecular weight excluding hydrogens is 281 g/mol. The number of halogens is 1. The third-order valence-electron chi connectivity index (χ3n) is 2.30. The van der Waals surface area contributed by atoms with E-state index in [1.54, 1.807) is 18.2 Å². The van der Waals surface area contributed by atoms with Gasteiger partial charge in [0.25, 0.3) is 5.91 Å². The monoisotopic (exact) mass is 291 g/mol. The third kappa shape index (κ3) is 3.48. The Morgan fingerprint density at radius 3 is 2.75 bits per heavy atom. The van der Waals surface area contributed by atoms with Gasteiger partial charge in [0, 0.05) is 11.6 Å². The van der Waals surface area contributed by atoms with Crippen LogP contribution in [0.1, 0.15) is 15.2 Å². The molecule has 0 spiro atoms. The minimum Gasteiger partial charge on any atom is -0.365 e. The maximum atomic E-state index is 13.3. The standard InChI is InChI=1S/C13H10FN3O2S/c14-9-4-2-1-3-8(9)5-6-11(18)17-13-16-7-10(20-13)12(15)19/h1-7H,(H2,15,19)(H,16,17,18)/b6-5+. The lowest BCUT2D eigenvalue weighted by Gasteiger charge is -1.97. The molecule has 3 N–H and O–H groups in total. The maximum absolute atomic E-state index is 13.3. The van der Waals surface area contributed by atoms with Crippen LogP contribution in [-0.2, 0) is 4.79 Å². The van der Waals surface area contributed by atoms with Crippen LogP contribution < -0.4 is 11.1 Å². The highest BCUT2D eigenvalue weighted by Crippen LogP contribution is 2.17. The first-order valence-corrected chi connectivity index (χ1v) is 6.37. The summed E-state index contributed by atoms with van der Waals surface area (Å²) in [6, 6.07) is 6.08. The van der Waals surface area contributed by atoms with Crippen molar-refractivity contribution >= 4 is 34.4 Å². The van der Waals surface area contributed by atoms with E-state index in [0.29, 0.717) is 5.56 Å². The number of thiazole rings is 1. The van der Waals surface area contributed by atoms with E-state index >= 15 is 0 Å². The van der Waals surface area contributed by atoms with E-state index < -0.39 is 17.6 Å². The lowest BCUT2D eigenvalue weighted by molar-refractivity contribution is -0.111. The number of hydrogen-bond donors (Lipinski definition) is 2. The first-order chi connectivity index (χ1) is 9.56. The average Bonchev–Trinajstić information content (AvgIpc) is 2.86. The third-order valence-corrected chi connectivity index (χ3v) is 3.23. The van der Waals surface area contributed by atoms with E-state index in [2.05, 4.69) is 10.3 Å². The minimum absolute atomic E-state index is 0.249. The van der Waals surface area contributed by atoms with Gasteiger partial charge in [-0.05, 0) is 12.1 Å². The molecule has 0 unspecified atom stereocenters. The molecule has 0 aliphatic carbocycles. The number of hydrogen-bond acceptors (Lipinski definition) is 4. The maximum Gasteiger partial charge on any atom is 0.260 e. The van der Waals surface area contributed by atoms with Gasteiger partial charge in [0.15, 0.2) is 5.13 Å². The quantitative estimate of drug-likeness (QED) is 0.845. The molecule has 0 saturated carbocycles. The van der Waals surface area contributed by atoms with Gasteiger partial charge in [-0.15, -0.1) is 0 Å². The molecule has 5 nitrogen and oxygen atoms in total. The highest BCUT2D eigenvalue weighted by molar-refractivity contribution is 7.17. The zero-order valence-electron chi connectivity index (χ0n) is 10.2. The van der Waals surface area contributed by atoms with Crippen LogP contribution in [0.15, 0.2) is 36.5 Å². The molecule has 1 heterocycles. The van der Waals surface area contributed by atoms with Gasteiger partial charge >= 0.3 is 0 Å². The molecule has 0 bridgehead atoms. The minimum atomic E-state index is -0.607. The fourth-order valence-electron chi connectivity index (χ4n) is 1.37. The van der Waals surface area contributed by atoms with E-state index in [1.165, 1.54) is 24.4 Å². The largest absolute Gasteiger partial charge is 0.365 e. The second-order valence-corrected chi connectivity index (χ2v) is 4.77. The van der Waals surface area contributed by atoms with Crippen molar-refractivity contribution in [2.24, 2.45) is 5.73 Å². The van der Waals surface area contributed by atoms with Gasteiger partial charge in [0.05, 0.1) is 6.20 Å². The van der Waals surface area contributed by atoms with Crippen LogP contribution >= 0.6 is 11.3 Å². The molecule has 7 heteroatoms. The number of carbonyl (C=O) groups is 2. The second-order valence-electron chi connectivity index (χ2n) is 3.74. The molecule has 2 aromatic rings. The topological polar surface area (TPSA) is 85.1 Å². The summed E-state index contributed by atoms with van der Waals surface area (Å²) in [7, 11) is 0. The van der Waals surface area contributed by atoms with Crippen LogP contribution in [0.3, 0.4) is 0 Å². The molecule has 2 rings (SSSR count). The van der Waals surface area contributed by atoms with E-state index in [9.17, 15) is 14.0 Å². The van der Waals surface area contributed by atoms with Crippen LogP contribution in [-0.4, -0.2) is 16.8 Å². The molecule has 1 aromatic carbocycles. The van der Waals surface area contributed by atoms with Crippen molar-refractivity contribution in [2.45, 2.75) is 0 Å². The zero-order valence-corrected chi connectivity index (χ0v) is 11.0. The molecule has 1 aromatic heterocycles. The molecule has 20 heavy (non-hydrogen) atoms. The lowest BCUT2D eigenvalue weighted by Crippen LogP contribution is -2.08. The van der Waals surface area contributed by atoms with Crippen molar-refractivity contribution in [1.82, 2.24) is 4.98 Å². The summed E-state index contributed by atoms with van der Waals surface area (Å²) >= 11 is 0.969. The summed E-state index contributed by atoms with van der Waals surface area (Å²) in [5.41, 5.74) is 5.38. The van der Waals surface area contributed by atoms with Gasteiger partial charge < -0.3 is 5.73 Å². The number of carbonyl (C=O) groups excluding carboxylic acids is 2. The average molecular weight is 291 g/mol. The van der Waals surface area contributed by atoms with Gasteiger partial charge in [-0.1, -0.05) is 29.5 Å². The molecule has 0 radical (unpaired) electrons. The predicted octanol–water partition coefficient (Wildman–Crippen LogP) is 2.03.